The molecule has 3 rings (SSSR count). The van der Waals surface area contributed by atoms with Crippen molar-refractivity contribution in [2.24, 2.45) is 0 Å². The third-order valence-electron chi connectivity index (χ3n) is 3.22. The van der Waals surface area contributed by atoms with E-state index in [1.54, 1.807) is 0 Å². The minimum atomic E-state index is -0.00604. The molecule has 0 N–H and O–H groups in total. The fraction of sp³-hybridized carbons (Fsp3) is 0.200. The Morgan fingerprint density at radius 1 is 1.00 bits per heavy atom. The van der Waals surface area contributed by atoms with Gasteiger partial charge in [0, 0.05) is 5.66 Å². The molecule has 0 spiro atoms. The van der Waals surface area contributed by atoms with Crippen LogP contribution in [0.15, 0.2) is 42.5 Å². The zero-order valence-corrected chi connectivity index (χ0v) is 11.5. The van der Waals surface area contributed by atoms with Crippen LogP contribution in [0.25, 0.3) is 11.1 Å². The summed E-state index contributed by atoms with van der Waals surface area (Å²) in [6, 6.07) is 18.6. The second-order valence-corrected chi connectivity index (χ2v) is 6.89. The third-order valence-corrected chi connectivity index (χ3v) is 4.79. The molecule has 1 aliphatic rings. The topological polar surface area (TPSA) is 0 Å². The molecule has 2 heteroatoms. The van der Waals surface area contributed by atoms with Gasteiger partial charge < -0.3 is 0 Å². The molecule has 0 aliphatic heterocycles. The summed E-state index contributed by atoms with van der Waals surface area (Å²) in [5, 5.41) is 0. The van der Waals surface area contributed by atoms with E-state index >= 15 is 0 Å². The molecule has 1 aliphatic carbocycles. The number of benzene rings is 2. The Balaban J connectivity index is 0.00000108. The van der Waals surface area contributed by atoms with Crippen molar-refractivity contribution in [3.63, 3.8) is 0 Å². The zero-order chi connectivity index (χ0) is 11.1. The Labute approximate surface area is 116 Å². The monoisotopic (exact) mass is 232 g/mol. The van der Waals surface area contributed by atoms with Gasteiger partial charge in [0.05, 0.1) is 0 Å². The predicted octanol–water partition coefficient (Wildman–Crippen LogP) is 1.30. The Morgan fingerprint density at radius 3 is 2.47 bits per heavy atom. The van der Waals surface area contributed by atoms with Gasteiger partial charge in [-0.15, -0.1) is 19.0 Å². The zero-order valence-electron chi connectivity index (χ0n) is 10.6. The van der Waals surface area contributed by atoms with Crippen molar-refractivity contribution in [1.29, 1.82) is 0 Å². The molecular formula is C15H14LiP. The maximum absolute atomic E-state index is 3.44. The van der Waals surface area contributed by atoms with Gasteiger partial charge >= 0.3 is 18.9 Å². The maximum Gasteiger partial charge on any atom is 1.00 e. The molecule has 1 unspecified atom stereocenters. The van der Waals surface area contributed by atoms with Crippen LogP contribution in [0, 0.1) is 6.07 Å². The predicted molar refractivity (Wildman–Crippen MR) is 71.3 cm³/mol. The van der Waals surface area contributed by atoms with Gasteiger partial charge in [-0.3, -0.25) is 0 Å². The van der Waals surface area contributed by atoms with Crippen molar-refractivity contribution in [2.45, 2.75) is 5.66 Å². The van der Waals surface area contributed by atoms with Crippen LogP contribution in [-0.4, -0.2) is 13.3 Å². The first-order chi connectivity index (χ1) is 7.79. The van der Waals surface area contributed by atoms with Crippen LogP contribution in [0.1, 0.15) is 16.8 Å². The summed E-state index contributed by atoms with van der Waals surface area (Å²) >= 11 is 0. The van der Waals surface area contributed by atoms with Crippen LogP contribution in [-0.2, 0) is 0 Å². The Kier molecular flexibility index (Phi) is 3.79. The molecule has 1 atom stereocenters. The van der Waals surface area contributed by atoms with Gasteiger partial charge in [-0.2, -0.15) is 24.3 Å². The van der Waals surface area contributed by atoms with Gasteiger partial charge in [0.15, 0.2) is 0 Å². The van der Waals surface area contributed by atoms with E-state index in [1.165, 1.54) is 22.3 Å². The summed E-state index contributed by atoms with van der Waals surface area (Å²) in [4.78, 5) is 0. The molecule has 17 heavy (non-hydrogen) atoms. The standard InChI is InChI=1S/C15H14P.Li/c1-16(2)15-13-9-5-3-7-11(13)12-8-4-6-10-14(12)15;/h3-9,15H,1-2H3;/q-1;+1. The number of fused-ring (bicyclic) bond motifs is 3. The van der Waals surface area contributed by atoms with E-state index < -0.39 is 0 Å². The van der Waals surface area contributed by atoms with Gasteiger partial charge in [0.25, 0.3) is 0 Å². The van der Waals surface area contributed by atoms with Crippen molar-refractivity contribution >= 4 is 7.92 Å². The third kappa shape index (κ3) is 2.00. The van der Waals surface area contributed by atoms with E-state index in [0.29, 0.717) is 5.66 Å². The van der Waals surface area contributed by atoms with Crippen molar-refractivity contribution in [3.05, 3.63) is 59.7 Å². The molecule has 0 radical (unpaired) electrons. The van der Waals surface area contributed by atoms with Crippen molar-refractivity contribution in [2.75, 3.05) is 13.3 Å². The SMILES string of the molecule is CP(C)C1c2[c-]cccc2-c2ccccc21.[Li+]. The minimum Gasteiger partial charge on any atom is -0.179 e. The summed E-state index contributed by atoms with van der Waals surface area (Å²) in [5.74, 6) is 0. The molecule has 0 saturated carbocycles. The van der Waals surface area contributed by atoms with Gasteiger partial charge in [0.2, 0.25) is 0 Å². The molecular weight excluding hydrogens is 218 g/mol. The molecule has 0 bridgehead atoms. The largest absolute Gasteiger partial charge is 1.00 e. The molecule has 0 amide bonds. The summed E-state index contributed by atoms with van der Waals surface area (Å²) in [6.45, 7) is 4.71. The molecule has 0 aromatic heterocycles. The van der Waals surface area contributed by atoms with Crippen LogP contribution >= 0.6 is 7.92 Å². The van der Waals surface area contributed by atoms with E-state index in [2.05, 4.69) is 55.8 Å². The molecule has 0 heterocycles. The average Bonchev–Trinajstić information content (AvgIpc) is 2.63. The maximum atomic E-state index is 3.44. The van der Waals surface area contributed by atoms with Gasteiger partial charge in [-0.05, 0) is 18.9 Å². The van der Waals surface area contributed by atoms with Crippen LogP contribution in [0.3, 0.4) is 0 Å². The number of hydrogen-bond acceptors (Lipinski definition) is 0. The van der Waals surface area contributed by atoms with Gasteiger partial charge in [0.1, 0.15) is 0 Å². The second-order valence-electron chi connectivity index (χ2n) is 4.45. The normalized spacial score (nSPS) is 16.3. The Morgan fingerprint density at radius 2 is 1.71 bits per heavy atom. The molecule has 2 aromatic rings. The first-order valence-corrected chi connectivity index (χ1v) is 7.86. The van der Waals surface area contributed by atoms with E-state index in [9.17, 15) is 0 Å². The quantitative estimate of drug-likeness (QED) is 0.395. The molecule has 0 saturated heterocycles. The number of rotatable bonds is 1. The van der Waals surface area contributed by atoms with Crippen molar-refractivity contribution in [1.82, 2.24) is 0 Å². The van der Waals surface area contributed by atoms with E-state index in [4.69, 9.17) is 0 Å². The Hall–Kier alpha value is -0.533. The fourth-order valence-corrected chi connectivity index (χ4v) is 4.09. The van der Waals surface area contributed by atoms with Gasteiger partial charge in [-0.25, -0.2) is 0 Å². The summed E-state index contributed by atoms with van der Waals surface area (Å²) in [5.41, 5.74) is 6.29. The summed E-state index contributed by atoms with van der Waals surface area (Å²) in [7, 11) is -0.00604. The molecule has 0 nitrogen and oxygen atoms in total. The van der Waals surface area contributed by atoms with Gasteiger partial charge in [-0.1, -0.05) is 29.8 Å². The van der Waals surface area contributed by atoms with Crippen LogP contribution < -0.4 is 18.9 Å². The summed E-state index contributed by atoms with van der Waals surface area (Å²) < 4.78 is 0. The van der Waals surface area contributed by atoms with E-state index in [-0.39, 0.29) is 26.8 Å². The summed E-state index contributed by atoms with van der Waals surface area (Å²) in [6.07, 6.45) is 0. The smallest absolute Gasteiger partial charge is 0.179 e. The Bertz CT molecular complexity index is 488. The van der Waals surface area contributed by atoms with Crippen LogP contribution in [0.2, 0.25) is 0 Å². The van der Waals surface area contributed by atoms with Crippen LogP contribution in [0.5, 0.6) is 0 Å². The fourth-order valence-electron chi connectivity index (χ4n) is 2.58. The first-order valence-electron chi connectivity index (χ1n) is 5.55. The molecule has 0 fully saturated rings. The molecule has 2 aromatic carbocycles. The molecule has 80 valence electrons. The van der Waals surface area contributed by atoms with Crippen LogP contribution in [0.4, 0.5) is 0 Å². The minimum absolute atomic E-state index is 0. The van der Waals surface area contributed by atoms with Crippen molar-refractivity contribution in [3.8, 4) is 11.1 Å². The van der Waals surface area contributed by atoms with Crippen molar-refractivity contribution < 1.29 is 18.9 Å². The van der Waals surface area contributed by atoms with E-state index in [0.717, 1.165) is 0 Å². The first kappa shape index (κ1) is 12.9. The van der Waals surface area contributed by atoms with E-state index in [1.807, 2.05) is 6.07 Å². The second kappa shape index (κ2) is 4.99. The number of hydrogen-bond donors (Lipinski definition) is 0. The average molecular weight is 232 g/mol.